The molecule has 1 saturated heterocycles. The molecule has 1 unspecified atom stereocenters. The van der Waals surface area contributed by atoms with Gasteiger partial charge >= 0.3 is 0 Å². The van der Waals surface area contributed by atoms with E-state index in [9.17, 15) is 9.90 Å². The first-order valence-electron chi connectivity index (χ1n) is 6.18. The number of aromatic nitrogens is 3. The molecule has 3 rings (SSSR count). The normalized spacial score (nSPS) is 27.2. The van der Waals surface area contributed by atoms with E-state index < -0.39 is 0 Å². The Kier molecular flexibility index (Phi) is 3.34. The van der Waals surface area contributed by atoms with Crippen molar-refractivity contribution in [2.75, 3.05) is 12.0 Å². The number of hydrogen-bond donors (Lipinski definition) is 4. The molecule has 0 aromatic carbocycles. The van der Waals surface area contributed by atoms with Crippen molar-refractivity contribution < 1.29 is 5.11 Å². The average molecular weight is 280 g/mol. The first kappa shape index (κ1) is 12.7. The van der Waals surface area contributed by atoms with Crippen molar-refractivity contribution in [3.05, 3.63) is 28.4 Å². The van der Waals surface area contributed by atoms with Crippen molar-refractivity contribution in [2.45, 2.75) is 24.6 Å². The molecule has 1 fully saturated rings. The van der Waals surface area contributed by atoms with Crippen LogP contribution in [0, 0.1) is 0 Å². The summed E-state index contributed by atoms with van der Waals surface area (Å²) in [5, 5.41) is 13.5. The quantitative estimate of drug-likeness (QED) is 0.652. The van der Waals surface area contributed by atoms with E-state index in [2.05, 4.69) is 20.3 Å². The lowest BCUT2D eigenvalue weighted by Gasteiger charge is -2.13. The first-order chi connectivity index (χ1) is 9.20. The predicted molar refractivity (Wildman–Crippen MR) is 75.4 cm³/mol. The summed E-state index contributed by atoms with van der Waals surface area (Å²) in [5.41, 5.74) is 1.94. The van der Waals surface area contributed by atoms with Crippen molar-refractivity contribution in [3.63, 3.8) is 0 Å². The third-order valence-corrected chi connectivity index (χ3v) is 4.27. The Morgan fingerprint density at radius 1 is 1.53 bits per heavy atom. The molecular formula is C12H16N4O2S. The minimum absolute atomic E-state index is 0.0372. The molecule has 0 bridgehead atoms. The van der Waals surface area contributed by atoms with Gasteiger partial charge in [-0.2, -0.15) is 11.8 Å². The molecule has 1 aliphatic rings. The molecule has 6 nitrogen and oxygen atoms in total. The van der Waals surface area contributed by atoms with Crippen LogP contribution in [0.4, 0.5) is 0 Å². The predicted octanol–water partition coefficient (Wildman–Crippen LogP) is 0.378. The molecule has 0 amide bonds. The zero-order valence-electron chi connectivity index (χ0n) is 10.5. The van der Waals surface area contributed by atoms with Crippen molar-refractivity contribution >= 4 is 22.8 Å². The van der Waals surface area contributed by atoms with Crippen LogP contribution in [-0.2, 0) is 0 Å². The summed E-state index contributed by atoms with van der Waals surface area (Å²) in [6.07, 6.45) is 5.52. The molecule has 2 aromatic heterocycles. The molecular weight excluding hydrogens is 264 g/mol. The van der Waals surface area contributed by atoms with Gasteiger partial charge in [0.05, 0.1) is 12.4 Å². The number of H-pyrrole nitrogens is 2. The van der Waals surface area contributed by atoms with E-state index >= 15 is 0 Å². The summed E-state index contributed by atoms with van der Waals surface area (Å²) in [4.78, 5) is 21.4. The van der Waals surface area contributed by atoms with E-state index in [1.54, 1.807) is 18.0 Å². The topological polar surface area (TPSA) is 93.8 Å². The van der Waals surface area contributed by atoms with Gasteiger partial charge in [0.15, 0.2) is 0 Å². The van der Waals surface area contributed by atoms with Crippen LogP contribution < -0.4 is 10.9 Å². The Labute approximate surface area is 114 Å². The van der Waals surface area contributed by atoms with Crippen LogP contribution in [0.2, 0.25) is 0 Å². The molecule has 0 radical (unpaired) electrons. The molecule has 2 aromatic rings. The molecule has 0 spiro atoms. The Morgan fingerprint density at radius 3 is 3.16 bits per heavy atom. The van der Waals surface area contributed by atoms with E-state index in [1.807, 2.05) is 6.26 Å². The number of nitrogens with zero attached hydrogens (tertiary/aromatic N) is 1. The SMILES string of the molecule is CSC[C@H]1N[C@@H](c2c[nH]c3c(=O)[nH]cnc23)CC1O. The Bertz CT molecular complexity index is 638. The number of nitrogens with one attached hydrogen (secondary N) is 3. The summed E-state index contributed by atoms with van der Waals surface area (Å²) >= 11 is 1.71. The molecule has 3 atom stereocenters. The van der Waals surface area contributed by atoms with Crippen LogP contribution in [-0.4, -0.2) is 44.2 Å². The monoisotopic (exact) mass is 280 g/mol. The fourth-order valence-electron chi connectivity index (χ4n) is 2.64. The van der Waals surface area contributed by atoms with E-state index in [0.717, 1.165) is 11.3 Å². The zero-order chi connectivity index (χ0) is 13.4. The van der Waals surface area contributed by atoms with Gasteiger partial charge in [0.2, 0.25) is 0 Å². The van der Waals surface area contributed by atoms with Crippen LogP contribution in [0.15, 0.2) is 17.3 Å². The van der Waals surface area contributed by atoms with Crippen molar-refractivity contribution in [2.24, 2.45) is 0 Å². The minimum Gasteiger partial charge on any atom is -0.391 e. The molecule has 0 saturated carbocycles. The minimum atomic E-state index is -0.357. The van der Waals surface area contributed by atoms with Gasteiger partial charge in [0.1, 0.15) is 11.0 Å². The van der Waals surface area contributed by atoms with E-state index in [1.165, 1.54) is 6.33 Å². The zero-order valence-corrected chi connectivity index (χ0v) is 11.3. The van der Waals surface area contributed by atoms with Gasteiger partial charge in [-0.25, -0.2) is 4.98 Å². The van der Waals surface area contributed by atoms with Crippen LogP contribution in [0.5, 0.6) is 0 Å². The number of rotatable bonds is 3. The summed E-state index contributed by atoms with van der Waals surface area (Å²) in [7, 11) is 0. The van der Waals surface area contributed by atoms with Gasteiger partial charge in [0, 0.05) is 29.6 Å². The van der Waals surface area contributed by atoms with Crippen molar-refractivity contribution in [3.8, 4) is 0 Å². The highest BCUT2D eigenvalue weighted by Crippen LogP contribution is 2.30. The van der Waals surface area contributed by atoms with E-state index in [4.69, 9.17) is 0 Å². The first-order valence-corrected chi connectivity index (χ1v) is 7.58. The summed E-state index contributed by atoms with van der Waals surface area (Å²) < 4.78 is 0. The number of aromatic amines is 2. The van der Waals surface area contributed by atoms with Gasteiger partial charge in [-0.05, 0) is 12.7 Å². The fourth-order valence-corrected chi connectivity index (χ4v) is 3.31. The highest BCUT2D eigenvalue weighted by molar-refractivity contribution is 7.98. The molecule has 7 heteroatoms. The Hall–Kier alpha value is -1.31. The van der Waals surface area contributed by atoms with E-state index in [0.29, 0.717) is 17.5 Å². The lowest BCUT2D eigenvalue weighted by Crippen LogP contribution is -2.33. The van der Waals surface area contributed by atoms with Crippen LogP contribution in [0.3, 0.4) is 0 Å². The second-order valence-corrected chi connectivity index (χ2v) is 5.69. The lowest BCUT2D eigenvalue weighted by molar-refractivity contribution is 0.166. The maximum atomic E-state index is 11.6. The molecule has 1 aliphatic heterocycles. The molecule has 0 aliphatic carbocycles. The maximum absolute atomic E-state index is 11.6. The Balaban J connectivity index is 1.94. The summed E-state index contributed by atoms with van der Waals surface area (Å²) in [6.45, 7) is 0. The van der Waals surface area contributed by atoms with Gasteiger partial charge < -0.3 is 20.4 Å². The number of hydrogen-bond acceptors (Lipinski definition) is 5. The van der Waals surface area contributed by atoms with Gasteiger partial charge in [0.25, 0.3) is 5.56 Å². The number of aliphatic hydroxyl groups is 1. The van der Waals surface area contributed by atoms with Crippen molar-refractivity contribution in [1.82, 2.24) is 20.3 Å². The van der Waals surface area contributed by atoms with Crippen LogP contribution in [0.25, 0.3) is 11.0 Å². The second kappa shape index (κ2) is 4.99. The number of aliphatic hydroxyl groups excluding tert-OH is 1. The molecule has 19 heavy (non-hydrogen) atoms. The fraction of sp³-hybridized carbons (Fsp3) is 0.500. The maximum Gasteiger partial charge on any atom is 0.275 e. The summed E-state index contributed by atoms with van der Waals surface area (Å²) in [6, 6.07) is 0.127. The van der Waals surface area contributed by atoms with E-state index in [-0.39, 0.29) is 23.7 Å². The largest absolute Gasteiger partial charge is 0.391 e. The smallest absolute Gasteiger partial charge is 0.275 e. The molecule has 3 heterocycles. The van der Waals surface area contributed by atoms with Gasteiger partial charge in [-0.3, -0.25) is 4.79 Å². The number of thioether (sulfide) groups is 1. The molecule has 4 N–H and O–H groups in total. The highest BCUT2D eigenvalue weighted by Gasteiger charge is 2.34. The van der Waals surface area contributed by atoms with Crippen molar-refractivity contribution in [1.29, 1.82) is 0 Å². The Morgan fingerprint density at radius 2 is 2.37 bits per heavy atom. The van der Waals surface area contributed by atoms with Gasteiger partial charge in [-0.15, -0.1) is 0 Å². The third-order valence-electron chi connectivity index (χ3n) is 3.58. The number of fused-ring (bicyclic) bond motifs is 1. The molecule has 102 valence electrons. The van der Waals surface area contributed by atoms with Crippen LogP contribution in [0.1, 0.15) is 18.0 Å². The average Bonchev–Trinajstić information content (AvgIpc) is 2.95. The third kappa shape index (κ3) is 2.18. The van der Waals surface area contributed by atoms with Crippen LogP contribution >= 0.6 is 11.8 Å². The standard InChI is InChI=1S/C12H16N4O2S/c1-19-4-8-9(17)2-7(16-8)6-3-13-11-10(6)14-5-15-12(11)18/h3,5,7-9,13,16-17H,2,4H2,1H3,(H,14,15,18)/t7-,8-,9?/m1/s1. The van der Waals surface area contributed by atoms with Gasteiger partial charge in [-0.1, -0.05) is 0 Å². The second-order valence-electron chi connectivity index (χ2n) is 4.78. The summed E-state index contributed by atoms with van der Waals surface area (Å²) in [5.74, 6) is 0.869. The highest BCUT2D eigenvalue weighted by atomic mass is 32.2. The lowest BCUT2D eigenvalue weighted by atomic mass is 10.1.